The third-order valence-electron chi connectivity index (χ3n) is 3.03. The average Bonchev–Trinajstić information content (AvgIpc) is 2.45. The maximum atomic E-state index is 11.9. The quantitative estimate of drug-likeness (QED) is 0.666. The zero-order valence-corrected chi connectivity index (χ0v) is 14.2. The third kappa shape index (κ3) is 7.09. The summed E-state index contributed by atoms with van der Waals surface area (Å²) in [4.78, 5) is 14.7. The van der Waals surface area contributed by atoms with Gasteiger partial charge in [0, 0.05) is 18.0 Å². The number of hydrogen-bond acceptors (Lipinski definition) is 5. The summed E-state index contributed by atoms with van der Waals surface area (Å²) in [6.45, 7) is 6.36. The van der Waals surface area contributed by atoms with Crippen LogP contribution in [0, 0.1) is 5.92 Å². The van der Waals surface area contributed by atoms with Crippen LogP contribution >= 0.6 is 0 Å². The first-order valence-electron chi connectivity index (χ1n) is 7.55. The lowest BCUT2D eigenvalue weighted by Gasteiger charge is -2.09. The number of unbranched alkanes of at least 4 members (excludes halogenated alkanes) is 1. The Morgan fingerprint density at radius 2 is 2.05 bits per heavy atom. The molecule has 0 aliphatic rings. The molecule has 0 fully saturated rings. The van der Waals surface area contributed by atoms with Crippen LogP contribution < -0.4 is 10.2 Å². The number of ether oxygens (including phenoxy) is 1. The van der Waals surface area contributed by atoms with Gasteiger partial charge in [0.1, 0.15) is 6.61 Å². The summed E-state index contributed by atoms with van der Waals surface area (Å²) in [7, 11) is -3.54. The fraction of sp³-hybridized carbons (Fsp3) is 0.667. The van der Waals surface area contributed by atoms with E-state index in [0.717, 1.165) is 12.8 Å². The molecule has 1 N–H and O–H groups in total. The van der Waals surface area contributed by atoms with E-state index < -0.39 is 10.1 Å². The number of nitrogens with one attached hydrogen (secondary N) is 1. The van der Waals surface area contributed by atoms with Crippen molar-refractivity contribution in [1.82, 2.24) is 4.98 Å². The molecule has 0 saturated heterocycles. The zero-order chi connectivity index (χ0) is 16.6. The molecule has 0 saturated carbocycles. The number of pyridine rings is 1. The molecule has 22 heavy (non-hydrogen) atoms. The average molecular weight is 331 g/mol. The van der Waals surface area contributed by atoms with Crippen LogP contribution in [0.15, 0.2) is 17.1 Å². The van der Waals surface area contributed by atoms with Gasteiger partial charge in [0.2, 0.25) is 5.43 Å². The van der Waals surface area contributed by atoms with Gasteiger partial charge in [-0.15, -0.1) is 0 Å². The molecule has 0 aliphatic heterocycles. The minimum atomic E-state index is -3.54. The van der Waals surface area contributed by atoms with Gasteiger partial charge in [-0.3, -0.25) is 8.98 Å². The minimum absolute atomic E-state index is 0.00979. The van der Waals surface area contributed by atoms with Gasteiger partial charge in [-0.1, -0.05) is 27.2 Å². The largest absolute Gasteiger partial charge is 0.488 e. The molecule has 7 heteroatoms. The molecule has 0 aliphatic carbocycles. The van der Waals surface area contributed by atoms with E-state index in [1.54, 1.807) is 0 Å². The van der Waals surface area contributed by atoms with Crippen LogP contribution in [0.4, 0.5) is 0 Å². The Balaban J connectivity index is 2.56. The second kappa shape index (κ2) is 8.95. The highest BCUT2D eigenvalue weighted by Crippen LogP contribution is 2.08. The van der Waals surface area contributed by atoms with Crippen molar-refractivity contribution in [2.75, 3.05) is 12.4 Å². The fourth-order valence-corrected chi connectivity index (χ4v) is 2.70. The highest BCUT2D eigenvalue weighted by molar-refractivity contribution is 7.86. The van der Waals surface area contributed by atoms with Gasteiger partial charge in [0.05, 0.1) is 12.4 Å². The molecule has 1 aromatic rings. The van der Waals surface area contributed by atoms with Crippen molar-refractivity contribution in [2.45, 2.75) is 46.6 Å². The van der Waals surface area contributed by atoms with E-state index in [4.69, 9.17) is 8.92 Å². The molecule has 0 amide bonds. The van der Waals surface area contributed by atoms with Crippen LogP contribution in [0.3, 0.4) is 0 Å². The van der Waals surface area contributed by atoms with Crippen molar-refractivity contribution in [1.29, 1.82) is 0 Å². The van der Waals surface area contributed by atoms with Crippen molar-refractivity contribution in [2.24, 2.45) is 5.92 Å². The van der Waals surface area contributed by atoms with Crippen molar-refractivity contribution < 1.29 is 17.3 Å². The first-order valence-corrected chi connectivity index (χ1v) is 9.13. The molecule has 126 valence electrons. The molecule has 0 unspecified atom stereocenters. The lowest BCUT2D eigenvalue weighted by Crippen LogP contribution is -2.14. The van der Waals surface area contributed by atoms with E-state index in [-0.39, 0.29) is 23.5 Å². The molecular formula is C15H25NO5S. The Hall–Kier alpha value is -1.34. The van der Waals surface area contributed by atoms with Gasteiger partial charge in [0.15, 0.2) is 5.75 Å². The second-order valence-electron chi connectivity index (χ2n) is 5.60. The topological polar surface area (TPSA) is 85.5 Å². The molecule has 0 bridgehead atoms. The van der Waals surface area contributed by atoms with Crippen LogP contribution in [0.2, 0.25) is 0 Å². The minimum Gasteiger partial charge on any atom is -0.488 e. The van der Waals surface area contributed by atoms with Crippen LogP contribution in [0.5, 0.6) is 5.75 Å². The normalized spacial score (nSPS) is 11.8. The van der Waals surface area contributed by atoms with Crippen molar-refractivity contribution in [3.63, 3.8) is 0 Å². The zero-order valence-electron chi connectivity index (χ0n) is 13.4. The summed E-state index contributed by atoms with van der Waals surface area (Å²) in [5, 5.41) is 0. The molecule has 6 nitrogen and oxygen atoms in total. The highest BCUT2D eigenvalue weighted by atomic mass is 32.2. The highest BCUT2D eigenvalue weighted by Gasteiger charge is 2.11. The smallest absolute Gasteiger partial charge is 0.267 e. The summed E-state index contributed by atoms with van der Waals surface area (Å²) in [5.74, 6) is 0.725. The molecule has 1 heterocycles. The predicted molar refractivity (Wildman–Crippen MR) is 85.5 cm³/mol. The summed E-state index contributed by atoms with van der Waals surface area (Å²) in [6.07, 6.45) is 3.64. The Morgan fingerprint density at radius 1 is 1.32 bits per heavy atom. The molecule has 0 aromatic carbocycles. The van der Waals surface area contributed by atoms with Crippen LogP contribution in [-0.4, -0.2) is 25.8 Å². The van der Waals surface area contributed by atoms with E-state index >= 15 is 0 Å². The maximum Gasteiger partial charge on any atom is 0.267 e. The first kappa shape index (κ1) is 18.7. The van der Waals surface area contributed by atoms with Crippen LogP contribution in [0.1, 0.15) is 45.7 Å². The number of hydrogen-bond donors (Lipinski definition) is 1. The Kier molecular flexibility index (Phi) is 7.61. The molecule has 1 aromatic heterocycles. The monoisotopic (exact) mass is 331 g/mol. The van der Waals surface area contributed by atoms with Gasteiger partial charge in [-0.2, -0.15) is 8.42 Å². The molecule has 1 rings (SSSR count). The SMILES string of the molecule is CCCCS(=O)(=O)OCc1cc(=O)c(OCCC(C)C)c[nH]1. The Morgan fingerprint density at radius 3 is 2.64 bits per heavy atom. The van der Waals surface area contributed by atoms with Crippen molar-refractivity contribution >= 4 is 10.1 Å². The van der Waals surface area contributed by atoms with E-state index in [1.165, 1.54) is 12.3 Å². The molecule has 0 atom stereocenters. The van der Waals surface area contributed by atoms with E-state index in [1.807, 2.05) is 6.92 Å². The molecule has 0 spiro atoms. The third-order valence-corrected chi connectivity index (χ3v) is 4.30. The standard InChI is InChI=1S/C15H25NO5S/c1-4-5-8-22(18,19)21-11-13-9-14(17)15(10-16-13)20-7-6-12(2)3/h9-10,12H,4-8,11H2,1-3H3,(H,16,17). The van der Waals surface area contributed by atoms with Crippen molar-refractivity contribution in [3.05, 3.63) is 28.2 Å². The summed E-state index contributed by atoms with van der Waals surface area (Å²) >= 11 is 0. The van der Waals surface area contributed by atoms with Gasteiger partial charge in [-0.25, -0.2) is 0 Å². The maximum absolute atomic E-state index is 11.9. The van der Waals surface area contributed by atoms with Gasteiger partial charge < -0.3 is 9.72 Å². The van der Waals surface area contributed by atoms with E-state index in [0.29, 0.717) is 24.6 Å². The van der Waals surface area contributed by atoms with E-state index in [2.05, 4.69) is 18.8 Å². The lowest BCUT2D eigenvalue weighted by molar-refractivity contribution is 0.283. The Labute approximate surface area is 132 Å². The first-order chi connectivity index (χ1) is 10.3. The van der Waals surface area contributed by atoms with Crippen molar-refractivity contribution in [3.8, 4) is 5.75 Å². The van der Waals surface area contributed by atoms with Gasteiger partial charge >= 0.3 is 0 Å². The van der Waals surface area contributed by atoms with E-state index in [9.17, 15) is 13.2 Å². The van der Waals surface area contributed by atoms with Gasteiger partial charge in [0.25, 0.3) is 10.1 Å². The number of aromatic nitrogens is 1. The summed E-state index contributed by atoms with van der Waals surface area (Å²) in [5.41, 5.74) is 0.119. The predicted octanol–water partition coefficient (Wildman–Crippen LogP) is 2.45. The number of rotatable bonds is 10. The molecule has 0 radical (unpaired) electrons. The lowest BCUT2D eigenvalue weighted by atomic mass is 10.1. The number of aromatic amines is 1. The fourth-order valence-electron chi connectivity index (χ4n) is 1.63. The summed E-state index contributed by atoms with van der Waals surface area (Å²) in [6, 6.07) is 1.31. The number of H-pyrrole nitrogens is 1. The summed E-state index contributed by atoms with van der Waals surface area (Å²) < 4.78 is 33.4. The van der Waals surface area contributed by atoms with Crippen LogP contribution in [-0.2, 0) is 20.9 Å². The molecular weight excluding hydrogens is 306 g/mol. The second-order valence-corrected chi connectivity index (χ2v) is 7.35. The Bertz CT molecular complexity index is 607. The van der Waals surface area contributed by atoms with Crippen LogP contribution in [0.25, 0.3) is 0 Å². The van der Waals surface area contributed by atoms with Gasteiger partial charge in [-0.05, 0) is 18.8 Å².